The third kappa shape index (κ3) is 3.96. The van der Waals surface area contributed by atoms with Gasteiger partial charge in [-0.1, -0.05) is 19.8 Å². The molecule has 4 unspecified atom stereocenters. The average Bonchev–Trinajstić information content (AvgIpc) is 2.83. The lowest BCUT2D eigenvalue weighted by molar-refractivity contribution is 0.0287. The van der Waals surface area contributed by atoms with Crippen molar-refractivity contribution in [3.63, 3.8) is 0 Å². The molecule has 0 aromatic rings. The molecule has 2 nitrogen and oxygen atoms in total. The highest BCUT2D eigenvalue weighted by Gasteiger charge is 2.29. The van der Waals surface area contributed by atoms with Gasteiger partial charge in [-0.3, -0.25) is 0 Å². The van der Waals surface area contributed by atoms with E-state index in [2.05, 4.69) is 6.92 Å². The van der Waals surface area contributed by atoms with Gasteiger partial charge >= 0.3 is 0 Å². The molecular formula is C15H28O2. The van der Waals surface area contributed by atoms with E-state index in [0.717, 1.165) is 18.9 Å². The highest BCUT2D eigenvalue weighted by molar-refractivity contribution is 4.81. The van der Waals surface area contributed by atoms with E-state index < -0.39 is 0 Å². The summed E-state index contributed by atoms with van der Waals surface area (Å²) >= 11 is 0. The summed E-state index contributed by atoms with van der Waals surface area (Å²) in [5, 5.41) is 10.1. The zero-order valence-corrected chi connectivity index (χ0v) is 11.2. The van der Waals surface area contributed by atoms with Crippen LogP contribution in [0.3, 0.4) is 0 Å². The van der Waals surface area contributed by atoms with Gasteiger partial charge in [0.15, 0.2) is 0 Å². The van der Waals surface area contributed by atoms with Crippen LogP contribution in [0.25, 0.3) is 0 Å². The van der Waals surface area contributed by atoms with Crippen molar-refractivity contribution in [1.29, 1.82) is 0 Å². The minimum Gasteiger partial charge on any atom is -0.393 e. The Balaban J connectivity index is 1.72. The van der Waals surface area contributed by atoms with Crippen LogP contribution in [0.1, 0.15) is 64.7 Å². The molecule has 0 aromatic carbocycles. The molecule has 0 radical (unpaired) electrons. The molecule has 2 fully saturated rings. The smallest absolute Gasteiger partial charge is 0.0576 e. The Hall–Kier alpha value is -0.0800. The van der Waals surface area contributed by atoms with Crippen LogP contribution in [0.15, 0.2) is 0 Å². The summed E-state index contributed by atoms with van der Waals surface area (Å²) in [5.74, 6) is 1.42. The summed E-state index contributed by atoms with van der Waals surface area (Å²) in [6.07, 6.45) is 11.4. The molecule has 1 saturated carbocycles. The van der Waals surface area contributed by atoms with E-state index in [1.807, 2.05) is 0 Å². The van der Waals surface area contributed by atoms with Gasteiger partial charge in [-0.15, -0.1) is 0 Å². The maximum absolute atomic E-state index is 10.1. The summed E-state index contributed by atoms with van der Waals surface area (Å²) in [4.78, 5) is 0. The van der Waals surface area contributed by atoms with Gasteiger partial charge in [0.1, 0.15) is 0 Å². The minimum atomic E-state index is -0.0375. The van der Waals surface area contributed by atoms with Gasteiger partial charge in [0.25, 0.3) is 0 Å². The number of ether oxygens (including phenoxy) is 1. The lowest BCUT2D eigenvalue weighted by atomic mass is 9.75. The van der Waals surface area contributed by atoms with E-state index in [-0.39, 0.29) is 6.10 Å². The highest BCUT2D eigenvalue weighted by Crippen LogP contribution is 2.35. The average molecular weight is 240 g/mol. The van der Waals surface area contributed by atoms with Gasteiger partial charge < -0.3 is 9.84 Å². The monoisotopic (exact) mass is 240 g/mol. The van der Waals surface area contributed by atoms with Crippen LogP contribution in [0.5, 0.6) is 0 Å². The van der Waals surface area contributed by atoms with Gasteiger partial charge in [0.2, 0.25) is 0 Å². The molecule has 2 aliphatic rings. The molecule has 1 N–H and O–H groups in total. The third-order valence-electron chi connectivity index (χ3n) is 4.63. The number of hydrogen-bond acceptors (Lipinski definition) is 2. The standard InChI is InChI=1S/C15H28O2/c1-2-4-12-6-9-15(16)13(11-12)7-8-14-5-3-10-17-14/h12-16H,2-11H2,1H3. The topological polar surface area (TPSA) is 29.5 Å². The normalized spacial score (nSPS) is 38.5. The third-order valence-corrected chi connectivity index (χ3v) is 4.63. The van der Waals surface area contributed by atoms with Crippen molar-refractivity contribution in [2.45, 2.75) is 76.9 Å². The quantitative estimate of drug-likeness (QED) is 0.796. The fourth-order valence-electron chi connectivity index (χ4n) is 3.60. The highest BCUT2D eigenvalue weighted by atomic mass is 16.5. The molecule has 1 heterocycles. The first-order chi connectivity index (χ1) is 8.29. The van der Waals surface area contributed by atoms with Crippen LogP contribution in [-0.4, -0.2) is 23.9 Å². The van der Waals surface area contributed by atoms with Crippen molar-refractivity contribution in [1.82, 2.24) is 0 Å². The number of aliphatic hydroxyl groups excluding tert-OH is 1. The molecule has 1 saturated heterocycles. The van der Waals surface area contributed by atoms with Crippen LogP contribution in [-0.2, 0) is 4.74 Å². The predicted molar refractivity (Wildman–Crippen MR) is 70.0 cm³/mol. The van der Waals surface area contributed by atoms with Crippen molar-refractivity contribution >= 4 is 0 Å². The Bertz CT molecular complexity index is 211. The summed E-state index contributed by atoms with van der Waals surface area (Å²) < 4.78 is 5.67. The molecule has 2 heteroatoms. The molecule has 0 aromatic heterocycles. The first-order valence-corrected chi connectivity index (χ1v) is 7.59. The predicted octanol–water partition coefficient (Wildman–Crippen LogP) is 3.52. The van der Waals surface area contributed by atoms with Crippen LogP contribution < -0.4 is 0 Å². The van der Waals surface area contributed by atoms with Crippen molar-refractivity contribution in [3.05, 3.63) is 0 Å². The Morgan fingerprint density at radius 3 is 2.71 bits per heavy atom. The van der Waals surface area contributed by atoms with Gasteiger partial charge in [-0.05, 0) is 56.8 Å². The van der Waals surface area contributed by atoms with Crippen molar-refractivity contribution in [2.75, 3.05) is 6.61 Å². The van der Waals surface area contributed by atoms with Gasteiger partial charge in [-0.2, -0.15) is 0 Å². The maximum Gasteiger partial charge on any atom is 0.0576 e. The van der Waals surface area contributed by atoms with Crippen LogP contribution >= 0.6 is 0 Å². The fourth-order valence-corrected chi connectivity index (χ4v) is 3.60. The van der Waals surface area contributed by atoms with Gasteiger partial charge in [0.05, 0.1) is 12.2 Å². The van der Waals surface area contributed by atoms with E-state index >= 15 is 0 Å². The minimum absolute atomic E-state index is 0.0375. The SMILES string of the molecule is CCCC1CCC(O)C(CCC2CCCO2)C1. The van der Waals surface area contributed by atoms with E-state index in [4.69, 9.17) is 4.74 Å². The number of aliphatic hydroxyl groups is 1. The van der Waals surface area contributed by atoms with E-state index in [9.17, 15) is 5.11 Å². The van der Waals surface area contributed by atoms with Crippen LogP contribution in [0.4, 0.5) is 0 Å². The summed E-state index contributed by atoms with van der Waals surface area (Å²) in [6.45, 7) is 3.22. The van der Waals surface area contributed by atoms with E-state index in [1.165, 1.54) is 51.4 Å². The first kappa shape index (κ1) is 13.4. The molecule has 100 valence electrons. The maximum atomic E-state index is 10.1. The Labute approximate surface area is 106 Å². The van der Waals surface area contributed by atoms with Crippen molar-refractivity contribution in [2.24, 2.45) is 11.8 Å². The van der Waals surface area contributed by atoms with E-state index in [0.29, 0.717) is 12.0 Å². The van der Waals surface area contributed by atoms with Crippen molar-refractivity contribution in [3.8, 4) is 0 Å². The summed E-state index contributed by atoms with van der Waals surface area (Å²) in [5.41, 5.74) is 0. The van der Waals surface area contributed by atoms with E-state index in [1.54, 1.807) is 0 Å². The Morgan fingerprint density at radius 2 is 2.00 bits per heavy atom. The van der Waals surface area contributed by atoms with Gasteiger partial charge in [-0.25, -0.2) is 0 Å². The molecule has 2 rings (SSSR count). The first-order valence-electron chi connectivity index (χ1n) is 7.59. The second-order valence-electron chi connectivity index (χ2n) is 6.01. The molecule has 17 heavy (non-hydrogen) atoms. The molecule has 1 aliphatic heterocycles. The second-order valence-corrected chi connectivity index (χ2v) is 6.01. The second kappa shape index (κ2) is 6.75. The number of hydrogen-bond donors (Lipinski definition) is 1. The summed E-state index contributed by atoms with van der Waals surface area (Å²) in [7, 11) is 0. The lowest BCUT2D eigenvalue weighted by Gasteiger charge is -2.33. The molecule has 1 aliphatic carbocycles. The molecule has 0 amide bonds. The number of rotatable bonds is 5. The largest absolute Gasteiger partial charge is 0.393 e. The molecule has 4 atom stereocenters. The Morgan fingerprint density at radius 1 is 1.12 bits per heavy atom. The molecule has 0 spiro atoms. The van der Waals surface area contributed by atoms with Gasteiger partial charge in [0, 0.05) is 6.61 Å². The lowest BCUT2D eigenvalue weighted by Crippen LogP contribution is -2.29. The molecular weight excluding hydrogens is 212 g/mol. The zero-order chi connectivity index (χ0) is 12.1. The zero-order valence-electron chi connectivity index (χ0n) is 11.2. The fraction of sp³-hybridized carbons (Fsp3) is 1.00. The molecule has 0 bridgehead atoms. The Kier molecular flexibility index (Phi) is 5.30. The van der Waals surface area contributed by atoms with Crippen molar-refractivity contribution < 1.29 is 9.84 Å². The van der Waals surface area contributed by atoms with Crippen LogP contribution in [0, 0.1) is 11.8 Å². The summed E-state index contributed by atoms with van der Waals surface area (Å²) in [6, 6.07) is 0. The van der Waals surface area contributed by atoms with Crippen LogP contribution in [0.2, 0.25) is 0 Å².